The summed E-state index contributed by atoms with van der Waals surface area (Å²) in [6.45, 7) is 5.41. The summed E-state index contributed by atoms with van der Waals surface area (Å²) in [5.74, 6) is 2.63. The van der Waals surface area contributed by atoms with E-state index in [1.54, 1.807) is 0 Å². The fourth-order valence-corrected chi connectivity index (χ4v) is 2.85. The van der Waals surface area contributed by atoms with Gasteiger partial charge in [0.1, 0.15) is 5.82 Å². The van der Waals surface area contributed by atoms with Gasteiger partial charge in [-0.25, -0.2) is 9.97 Å². The fourth-order valence-electron chi connectivity index (χ4n) is 2.85. The van der Waals surface area contributed by atoms with E-state index in [0.29, 0.717) is 0 Å². The molecule has 0 unspecified atom stereocenters. The summed E-state index contributed by atoms with van der Waals surface area (Å²) in [5, 5.41) is 3.58. The quantitative estimate of drug-likeness (QED) is 0.936. The van der Waals surface area contributed by atoms with E-state index in [1.807, 2.05) is 36.1 Å². The predicted molar refractivity (Wildman–Crippen MR) is 84.8 cm³/mol. The number of likely N-dealkylation sites (tertiary alicyclic amines) is 1. The number of aryl methyl sites for hydroxylation is 1. The first-order valence-electron chi connectivity index (χ1n) is 7.62. The summed E-state index contributed by atoms with van der Waals surface area (Å²) < 4.78 is 2.02. The van der Waals surface area contributed by atoms with Crippen LogP contribution in [0.15, 0.2) is 30.7 Å². The van der Waals surface area contributed by atoms with Gasteiger partial charge >= 0.3 is 0 Å². The molecule has 0 amide bonds. The Labute approximate surface area is 126 Å². The van der Waals surface area contributed by atoms with Crippen molar-refractivity contribution >= 4 is 5.69 Å². The Morgan fingerprint density at radius 1 is 1.24 bits per heavy atom. The number of nitrogens with zero attached hydrogens (tertiary/aromatic N) is 4. The summed E-state index contributed by atoms with van der Waals surface area (Å²) in [5.41, 5.74) is 1.08. The molecule has 1 fully saturated rings. The van der Waals surface area contributed by atoms with Crippen LogP contribution >= 0.6 is 0 Å². The highest BCUT2D eigenvalue weighted by Gasteiger charge is 2.17. The molecule has 1 N–H and O–H groups in total. The van der Waals surface area contributed by atoms with Crippen molar-refractivity contribution in [3.8, 4) is 5.82 Å². The molecule has 1 saturated heterocycles. The number of hydrogen-bond donors (Lipinski definition) is 1. The summed E-state index contributed by atoms with van der Waals surface area (Å²) in [7, 11) is 2.20. The number of rotatable bonds is 4. The van der Waals surface area contributed by atoms with Crippen LogP contribution in [0.3, 0.4) is 0 Å². The number of nitrogens with one attached hydrogen (secondary N) is 1. The fraction of sp³-hybridized carbons (Fsp3) is 0.500. The van der Waals surface area contributed by atoms with Gasteiger partial charge in [-0.2, -0.15) is 0 Å². The highest BCUT2D eigenvalue weighted by molar-refractivity contribution is 5.57. The van der Waals surface area contributed by atoms with Gasteiger partial charge in [-0.3, -0.25) is 4.57 Å². The van der Waals surface area contributed by atoms with E-state index in [4.69, 9.17) is 0 Å². The Balaban J connectivity index is 1.70. The van der Waals surface area contributed by atoms with Gasteiger partial charge in [-0.15, -0.1) is 0 Å². The molecule has 0 spiro atoms. The van der Waals surface area contributed by atoms with Crippen molar-refractivity contribution in [2.24, 2.45) is 5.92 Å². The first-order valence-corrected chi connectivity index (χ1v) is 7.62. The maximum Gasteiger partial charge on any atom is 0.161 e. The molecule has 0 bridgehead atoms. The lowest BCUT2D eigenvalue weighted by molar-refractivity contribution is 0.226. The lowest BCUT2D eigenvalue weighted by Crippen LogP contribution is -2.33. The number of piperidine rings is 1. The van der Waals surface area contributed by atoms with E-state index in [2.05, 4.69) is 33.3 Å². The van der Waals surface area contributed by atoms with Crippen LogP contribution in [-0.2, 0) is 0 Å². The van der Waals surface area contributed by atoms with E-state index in [0.717, 1.165) is 29.8 Å². The molecule has 21 heavy (non-hydrogen) atoms. The Bertz CT molecular complexity index is 584. The van der Waals surface area contributed by atoms with E-state index >= 15 is 0 Å². The van der Waals surface area contributed by atoms with E-state index in [9.17, 15) is 0 Å². The van der Waals surface area contributed by atoms with Crippen molar-refractivity contribution in [3.05, 3.63) is 36.5 Å². The second-order valence-corrected chi connectivity index (χ2v) is 5.85. The molecule has 0 atom stereocenters. The number of hydrogen-bond acceptors (Lipinski definition) is 4. The average molecular weight is 285 g/mol. The third-order valence-electron chi connectivity index (χ3n) is 4.26. The Morgan fingerprint density at radius 3 is 2.76 bits per heavy atom. The first-order chi connectivity index (χ1) is 10.2. The molecule has 0 radical (unpaired) electrons. The summed E-state index contributed by atoms with van der Waals surface area (Å²) in [4.78, 5) is 11.2. The van der Waals surface area contributed by atoms with Crippen LogP contribution in [0.5, 0.6) is 0 Å². The number of anilines is 1. The summed E-state index contributed by atoms with van der Waals surface area (Å²) in [6, 6.07) is 4.07. The van der Waals surface area contributed by atoms with Crippen molar-refractivity contribution in [1.29, 1.82) is 0 Å². The molecule has 0 saturated carbocycles. The molecule has 3 heterocycles. The second kappa shape index (κ2) is 6.26. The number of aromatic nitrogens is 3. The van der Waals surface area contributed by atoms with Gasteiger partial charge in [0, 0.05) is 25.1 Å². The highest BCUT2D eigenvalue weighted by atomic mass is 15.1. The van der Waals surface area contributed by atoms with Gasteiger partial charge in [0.05, 0.1) is 5.69 Å². The van der Waals surface area contributed by atoms with Crippen molar-refractivity contribution < 1.29 is 0 Å². The molecule has 5 nitrogen and oxygen atoms in total. The van der Waals surface area contributed by atoms with Gasteiger partial charge in [0.15, 0.2) is 5.82 Å². The maximum absolute atomic E-state index is 4.51. The monoisotopic (exact) mass is 285 g/mol. The largest absolute Gasteiger partial charge is 0.382 e. The highest BCUT2D eigenvalue weighted by Crippen LogP contribution is 2.21. The SMILES string of the molecule is Cc1nccn1-c1ncccc1NCC1CCN(C)CC1. The second-order valence-electron chi connectivity index (χ2n) is 5.85. The zero-order valence-corrected chi connectivity index (χ0v) is 12.8. The van der Waals surface area contributed by atoms with Crippen molar-refractivity contribution in [2.45, 2.75) is 19.8 Å². The molecular weight excluding hydrogens is 262 g/mol. The minimum absolute atomic E-state index is 0.748. The van der Waals surface area contributed by atoms with E-state index < -0.39 is 0 Å². The van der Waals surface area contributed by atoms with Gasteiger partial charge < -0.3 is 10.2 Å². The first kappa shape index (κ1) is 14.1. The van der Waals surface area contributed by atoms with Crippen LogP contribution in [0.2, 0.25) is 0 Å². The van der Waals surface area contributed by atoms with Crippen molar-refractivity contribution in [3.63, 3.8) is 0 Å². The van der Waals surface area contributed by atoms with Gasteiger partial charge in [0.25, 0.3) is 0 Å². The molecule has 1 aliphatic heterocycles. The Morgan fingerprint density at radius 2 is 2.05 bits per heavy atom. The van der Waals surface area contributed by atoms with Gasteiger partial charge in [-0.1, -0.05) is 0 Å². The normalized spacial score (nSPS) is 17.0. The third kappa shape index (κ3) is 3.24. The van der Waals surface area contributed by atoms with E-state index in [1.165, 1.54) is 25.9 Å². The number of pyridine rings is 1. The van der Waals surface area contributed by atoms with Crippen LogP contribution in [0, 0.1) is 12.8 Å². The van der Waals surface area contributed by atoms with Gasteiger partial charge in [0.2, 0.25) is 0 Å². The average Bonchev–Trinajstić information content (AvgIpc) is 2.93. The molecule has 3 rings (SSSR count). The Hall–Kier alpha value is -1.88. The standard InChI is InChI=1S/C16H23N5/c1-13-17-8-11-21(13)16-15(4-3-7-18-16)19-12-14-5-9-20(2)10-6-14/h3-4,7-8,11,14,19H,5-6,9-10,12H2,1-2H3. The molecule has 112 valence electrons. The van der Waals surface area contributed by atoms with Crippen LogP contribution in [0.4, 0.5) is 5.69 Å². The van der Waals surface area contributed by atoms with Crippen LogP contribution in [0.25, 0.3) is 5.82 Å². The molecule has 2 aromatic rings. The maximum atomic E-state index is 4.51. The summed E-state index contributed by atoms with van der Waals surface area (Å²) >= 11 is 0. The zero-order chi connectivity index (χ0) is 14.7. The van der Waals surface area contributed by atoms with Gasteiger partial charge in [-0.05, 0) is 58.0 Å². The third-order valence-corrected chi connectivity index (χ3v) is 4.26. The lowest BCUT2D eigenvalue weighted by atomic mass is 9.97. The predicted octanol–water partition coefficient (Wildman–Crippen LogP) is 2.33. The Kier molecular flexibility index (Phi) is 4.20. The van der Waals surface area contributed by atoms with Crippen molar-refractivity contribution in [1.82, 2.24) is 19.4 Å². The molecular formula is C16H23N5. The molecule has 0 aromatic carbocycles. The van der Waals surface area contributed by atoms with Crippen LogP contribution in [0.1, 0.15) is 18.7 Å². The minimum Gasteiger partial charge on any atom is -0.382 e. The van der Waals surface area contributed by atoms with Crippen LogP contribution in [-0.4, -0.2) is 46.1 Å². The van der Waals surface area contributed by atoms with Crippen LogP contribution < -0.4 is 5.32 Å². The molecule has 2 aromatic heterocycles. The minimum atomic E-state index is 0.748. The molecule has 1 aliphatic rings. The number of imidazole rings is 1. The van der Waals surface area contributed by atoms with E-state index in [-0.39, 0.29) is 0 Å². The molecule has 0 aliphatic carbocycles. The van der Waals surface area contributed by atoms with Crippen molar-refractivity contribution in [2.75, 3.05) is 32.0 Å². The zero-order valence-electron chi connectivity index (χ0n) is 12.8. The topological polar surface area (TPSA) is 46.0 Å². The molecule has 5 heteroatoms. The summed E-state index contributed by atoms with van der Waals surface area (Å²) in [6.07, 6.45) is 8.13. The smallest absolute Gasteiger partial charge is 0.161 e. The lowest BCUT2D eigenvalue weighted by Gasteiger charge is -2.29.